The summed E-state index contributed by atoms with van der Waals surface area (Å²) < 4.78 is 0. The molecule has 1 unspecified atom stereocenters. The van der Waals surface area contributed by atoms with Gasteiger partial charge in [0.25, 0.3) is 5.91 Å². The first-order valence-electron chi connectivity index (χ1n) is 8.33. The van der Waals surface area contributed by atoms with Crippen molar-refractivity contribution in [1.82, 2.24) is 10.2 Å². The molecule has 1 saturated heterocycles. The van der Waals surface area contributed by atoms with E-state index >= 15 is 0 Å². The molecule has 0 radical (unpaired) electrons. The highest BCUT2D eigenvalue weighted by Crippen LogP contribution is 2.33. The van der Waals surface area contributed by atoms with E-state index < -0.39 is 17.5 Å². The average Bonchev–Trinajstić information content (AvgIpc) is 2.83. The molecule has 1 atom stereocenters. The predicted octanol–water partition coefficient (Wildman–Crippen LogP) is 4.26. The van der Waals surface area contributed by atoms with Gasteiger partial charge in [0, 0.05) is 5.56 Å². The number of nitrogens with zero attached hydrogens (tertiary/aromatic N) is 1. The molecule has 3 amide bonds. The number of carbonyl (C=O) groups is 3. The molecule has 2 aromatic carbocycles. The second kappa shape index (κ2) is 6.98. The van der Waals surface area contributed by atoms with E-state index in [2.05, 4.69) is 5.32 Å². The van der Waals surface area contributed by atoms with Crippen LogP contribution in [0.15, 0.2) is 36.4 Å². The fourth-order valence-electron chi connectivity index (χ4n) is 3.11. The van der Waals surface area contributed by atoms with Crippen molar-refractivity contribution in [3.8, 4) is 0 Å². The Hall–Kier alpha value is -2.37. The Bertz CT molecular complexity index is 974. The summed E-state index contributed by atoms with van der Waals surface area (Å²) in [7, 11) is 0. The molecule has 7 heteroatoms. The van der Waals surface area contributed by atoms with Crippen molar-refractivity contribution in [2.24, 2.45) is 0 Å². The third kappa shape index (κ3) is 3.45. The lowest BCUT2D eigenvalue weighted by Gasteiger charge is -2.22. The Balaban J connectivity index is 1.88. The molecular formula is C20H18Cl2N2O3. The van der Waals surface area contributed by atoms with Gasteiger partial charge in [0.15, 0.2) is 5.78 Å². The van der Waals surface area contributed by atoms with Crippen molar-refractivity contribution in [3.05, 3.63) is 68.7 Å². The lowest BCUT2D eigenvalue weighted by molar-refractivity contribution is -0.130. The number of Topliss-reactive ketones (excluding diaryl/α,β-unsaturated/α-hetero) is 1. The van der Waals surface area contributed by atoms with Crippen molar-refractivity contribution in [2.75, 3.05) is 6.54 Å². The number of aryl methyl sites for hydroxylation is 2. The number of imide groups is 1. The van der Waals surface area contributed by atoms with Crippen LogP contribution in [-0.2, 0) is 10.3 Å². The van der Waals surface area contributed by atoms with Crippen LogP contribution in [0.4, 0.5) is 4.79 Å². The van der Waals surface area contributed by atoms with E-state index in [1.165, 1.54) is 6.07 Å². The van der Waals surface area contributed by atoms with Gasteiger partial charge >= 0.3 is 6.03 Å². The quantitative estimate of drug-likeness (QED) is 0.611. The standard InChI is InChI=1S/C20H18Cl2N2O3/c1-11-4-5-12(2)14(8-11)17(25)10-24-18(26)20(3,23-19(24)27)13-6-7-15(21)16(22)9-13/h4-9H,10H2,1-3H3,(H,23,27). The fraction of sp³-hybridized carbons (Fsp3) is 0.250. The first-order valence-corrected chi connectivity index (χ1v) is 9.09. The van der Waals surface area contributed by atoms with E-state index in [4.69, 9.17) is 23.2 Å². The van der Waals surface area contributed by atoms with Crippen molar-refractivity contribution < 1.29 is 14.4 Å². The highest BCUT2D eigenvalue weighted by Gasteiger charge is 2.49. The summed E-state index contributed by atoms with van der Waals surface area (Å²) in [5.41, 5.74) is 1.41. The van der Waals surface area contributed by atoms with Crippen LogP contribution in [0.25, 0.3) is 0 Å². The zero-order valence-corrected chi connectivity index (χ0v) is 16.6. The number of ketones is 1. The smallest absolute Gasteiger partial charge is 0.319 e. The summed E-state index contributed by atoms with van der Waals surface area (Å²) in [6.07, 6.45) is 0. The molecule has 140 valence electrons. The monoisotopic (exact) mass is 404 g/mol. The second-order valence-electron chi connectivity index (χ2n) is 6.82. The van der Waals surface area contributed by atoms with Crippen LogP contribution in [-0.4, -0.2) is 29.2 Å². The van der Waals surface area contributed by atoms with Gasteiger partial charge < -0.3 is 5.32 Å². The molecule has 0 saturated carbocycles. The number of amides is 3. The van der Waals surface area contributed by atoms with E-state index in [0.717, 1.165) is 16.0 Å². The number of benzene rings is 2. The Morgan fingerprint density at radius 1 is 1.07 bits per heavy atom. The summed E-state index contributed by atoms with van der Waals surface area (Å²) in [4.78, 5) is 39.0. The zero-order valence-electron chi connectivity index (χ0n) is 15.1. The van der Waals surface area contributed by atoms with Crippen LogP contribution in [0.1, 0.15) is 34.0 Å². The van der Waals surface area contributed by atoms with Crippen molar-refractivity contribution in [1.29, 1.82) is 0 Å². The molecule has 1 N–H and O–H groups in total. The molecule has 0 aromatic heterocycles. The molecular weight excluding hydrogens is 387 g/mol. The number of hydrogen-bond acceptors (Lipinski definition) is 3. The highest BCUT2D eigenvalue weighted by atomic mass is 35.5. The van der Waals surface area contributed by atoms with E-state index in [1.807, 2.05) is 26.0 Å². The maximum absolute atomic E-state index is 13.0. The molecule has 1 aliphatic rings. The number of rotatable bonds is 4. The number of nitrogens with one attached hydrogen (secondary N) is 1. The fourth-order valence-corrected chi connectivity index (χ4v) is 3.41. The van der Waals surface area contributed by atoms with E-state index in [9.17, 15) is 14.4 Å². The van der Waals surface area contributed by atoms with Gasteiger partial charge in [0.1, 0.15) is 5.54 Å². The van der Waals surface area contributed by atoms with Crippen LogP contribution in [0.2, 0.25) is 10.0 Å². The maximum Gasteiger partial charge on any atom is 0.325 e. The summed E-state index contributed by atoms with van der Waals surface area (Å²) in [5, 5.41) is 3.29. The van der Waals surface area contributed by atoms with Gasteiger partial charge in [-0.1, -0.05) is 47.0 Å². The maximum atomic E-state index is 13.0. The number of hydrogen-bond donors (Lipinski definition) is 1. The summed E-state index contributed by atoms with van der Waals surface area (Å²) >= 11 is 12.0. The molecule has 27 heavy (non-hydrogen) atoms. The van der Waals surface area contributed by atoms with E-state index in [0.29, 0.717) is 16.1 Å². The third-order valence-electron chi connectivity index (χ3n) is 4.77. The minimum atomic E-state index is -1.31. The normalized spacial score (nSPS) is 19.4. The minimum Gasteiger partial charge on any atom is -0.319 e. The van der Waals surface area contributed by atoms with Crippen LogP contribution in [0, 0.1) is 13.8 Å². The van der Waals surface area contributed by atoms with Crippen LogP contribution in [0.5, 0.6) is 0 Å². The summed E-state index contributed by atoms with van der Waals surface area (Å²) in [6.45, 7) is 4.95. The molecule has 1 aliphatic heterocycles. The lowest BCUT2D eigenvalue weighted by Crippen LogP contribution is -2.41. The van der Waals surface area contributed by atoms with Crippen molar-refractivity contribution in [2.45, 2.75) is 26.3 Å². The lowest BCUT2D eigenvalue weighted by atomic mass is 9.92. The van der Waals surface area contributed by atoms with Gasteiger partial charge in [-0.2, -0.15) is 0 Å². The number of halogens is 2. The van der Waals surface area contributed by atoms with Gasteiger partial charge in [-0.3, -0.25) is 14.5 Å². The molecule has 0 bridgehead atoms. The minimum absolute atomic E-state index is 0.280. The van der Waals surface area contributed by atoms with E-state index in [1.54, 1.807) is 25.1 Å². The Labute approximate surface area is 167 Å². The number of urea groups is 1. The van der Waals surface area contributed by atoms with Crippen molar-refractivity contribution in [3.63, 3.8) is 0 Å². The second-order valence-corrected chi connectivity index (χ2v) is 7.63. The van der Waals surface area contributed by atoms with Gasteiger partial charge in [0.2, 0.25) is 0 Å². The molecule has 3 rings (SSSR count). The topological polar surface area (TPSA) is 66.5 Å². The Kier molecular flexibility index (Phi) is 5.02. The average molecular weight is 405 g/mol. The third-order valence-corrected chi connectivity index (χ3v) is 5.51. The molecule has 2 aromatic rings. The van der Waals surface area contributed by atoms with Crippen molar-refractivity contribution >= 4 is 40.9 Å². The zero-order chi connectivity index (χ0) is 19.9. The Morgan fingerprint density at radius 2 is 1.78 bits per heavy atom. The van der Waals surface area contributed by atoms with Gasteiger partial charge in [0.05, 0.1) is 16.6 Å². The largest absolute Gasteiger partial charge is 0.325 e. The molecule has 0 aliphatic carbocycles. The SMILES string of the molecule is Cc1ccc(C)c(C(=O)CN2C(=O)NC(C)(c3ccc(Cl)c(Cl)c3)C2=O)c1. The highest BCUT2D eigenvalue weighted by molar-refractivity contribution is 6.42. The van der Waals surface area contributed by atoms with Gasteiger partial charge in [-0.05, 0) is 50.1 Å². The van der Waals surface area contributed by atoms with Gasteiger partial charge in [-0.15, -0.1) is 0 Å². The predicted molar refractivity (Wildman–Crippen MR) is 104 cm³/mol. The Morgan fingerprint density at radius 3 is 2.44 bits per heavy atom. The van der Waals surface area contributed by atoms with Crippen LogP contribution in [0.3, 0.4) is 0 Å². The summed E-state index contributed by atoms with van der Waals surface area (Å²) in [6, 6.07) is 9.62. The molecule has 5 nitrogen and oxygen atoms in total. The van der Waals surface area contributed by atoms with Crippen LogP contribution < -0.4 is 5.32 Å². The molecule has 1 heterocycles. The van der Waals surface area contributed by atoms with Crippen LogP contribution >= 0.6 is 23.2 Å². The first kappa shape index (κ1) is 19.4. The molecule has 1 fully saturated rings. The van der Waals surface area contributed by atoms with E-state index in [-0.39, 0.29) is 17.4 Å². The summed E-state index contributed by atoms with van der Waals surface area (Å²) in [5.74, 6) is -0.803. The number of carbonyl (C=O) groups excluding carboxylic acids is 3. The molecule has 0 spiro atoms. The first-order chi connectivity index (χ1) is 12.6. The van der Waals surface area contributed by atoms with Gasteiger partial charge in [-0.25, -0.2) is 4.79 Å².